The third kappa shape index (κ3) is 4.59. The second-order valence-electron chi connectivity index (χ2n) is 5.11. The fraction of sp³-hybridized carbons (Fsp3) is 0.500. The molecule has 120 valence electrons. The molecule has 0 bridgehead atoms. The Labute approximate surface area is 128 Å². The first-order valence-electron chi connectivity index (χ1n) is 7.16. The van der Waals surface area contributed by atoms with Crippen LogP contribution in [0.2, 0.25) is 0 Å². The summed E-state index contributed by atoms with van der Waals surface area (Å²) < 4.78 is 4.96. The Morgan fingerprint density at radius 2 is 1.95 bits per heavy atom. The fourth-order valence-electron chi connectivity index (χ4n) is 2.31. The summed E-state index contributed by atoms with van der Waals surface area (Å²) >= 11 is 0. The highest BCUT2D eigenvalue weighted by atomic mass is 16.3. The zero-order valence-electron chi connectivity index (χ0n) is 12.3. The quantitative estimate of drug-likeness (QED) is 0.703. The van der Waals surface area contributed by atoms with Crippen LogP contribution in [0, 0.1) is 0 Å². The van der Waals surface area contributed by atoms with Crippen molar-refractivity contribution in [3.8, 4) is 0 Å². The Morgan fingerprint density at radius 1 is 1.23 bits per heavy atom. The summed E-state index contributed by atoms with van der Waals surface area (Å²) in [5.41, 5.74) is 5.14. The van der Waals surface area contributed by atoms with Crippen LogP contribution in [0.1, 0.15) is 17.0 Å². The lowest BCUT2D eigenvalue weighted by molar-refractivity contribution is -0.133. The summed E-state index contributed by atoms with van der Waals surface area (Å²) in [6, 6.07) is 3.20. The molecule has 1 saturated heterocycles. The number of carbonyl (C=O) groups excluding carboxylic acids is 3. The molecule has 1 aromatic rings. The van der Waals surface area contributed by atoms with Crippen LogP contribution < -0.4 is 11.1 Å². The zero-order valence-corrected chi connectivity index (χ0v) is 12.3. The lowest BCUT2D eigenvalue weighted by Gasteiger charge is -2.34. The van der Waals surface area contributed by atoms with Crippen molar-refractivity contribution in [3.05, 3.63) is 24.2 Å². The van der Waals surface area contributed by atoms with Gasteiger partial charge in [0.2, 0.25) is 11.8 Å². The minimum absolute atomic E-state index is 0.0153. The Morgan fingerprint density at radius 3 is 2.55 bits per heavy atom. The van der Waals surface area contributed by atoms with E-state index in [4.69, 9.17) is 10.2 Å². The predicted octanol–water partition coefficient (Wildman–Crippen LogP) is -0.971. The van der Waals surface area contributed by atoms with Gasteiger partial charge in [-0.15, -0.1) is 0 Å². The highest BCUT2D eigenvalue weighted by Gasteiger charge is 2.21. The van der Waals surface area contributed by atoms with E-state index in [9.17, 15) is 14.4 Å². The van der Waals surface area contributed by atoms with Gasteiger partial charge in [-0.1, -0.05) is 0 Å². The molecule has 1 aromatic heterocycles. The van der Waals surface area contributed by atoms with E-state index in [1.165, 1.54) is 6.26 Å². The number of hydrogen-bond acceptors (Lipinski definition) is 5. The van der Waals surface area contributed by atoms with Gasteiger partial charge in [0.05, 0.1) is 12.8 Å². The Bertz CT molecular complexity index is 521. The number of primary amides is 1. The van der Waals surface area contributed by atoms with Crippen molar-refractivity contribution < 1.29 is 18.8 Å². The van der Waals surface area contributed by atoms with Crippen molar-refractivity contribution in [1.29, 1.82) is 0 Å². The standard InChI is InChI=1S/C14H20N4O4/c15-12(19)10-17-5-7-18(8-6-17)13(20)3-4-16-14(21)11-2-1-9-22-11/h1-2,9H,3-8,10H2,(H2,15,19)(H,16,21). The normalized spacial score (nSPS) is 15.5. The average Bonchev–Trinajstić information content (AvgIpc) is 3.01. The lowest BCUT2D eigenvalue weighted by atomic mass is 10.2. The Balaban J connectivity index is 1.66. The molecule has 3 N–H and O–H groups in total. The van der Waals surface area contributed by atoms with Crippen molar-refractivity contribution >= 4 is 17.7 Å². The third-order valence-corrected chi connectivity index (χ3v) is 3.47. The van der Waals surface area contributed by atoms with E-state index >= 15 is 0 Å². The fourth-order valence-corrected chi connectivity index (χ4v) is 2.31. The van der Waals surface area contributed by atoms with Gasteiger partial charge in [0.1, 0.15) is 0 Å². The van der Waals surface area contributed by atoms with Gasteiger partial charge < -0.3 is 20.4 Å². The number of hydrogen-bond donors (Lipinski definition) is 2. The molecule has 8 nitrogen and oxygen atoms in total. The van der Waals surface area contributed by atoms with Gasteiger partial charge in [-0.05, 0) is 12.1 Å². The molecule has 2 rings (SSSR count). The van der Waals surface area contributed by atoms with Crippen molar-refractivity contribution in [2.45, 2.75) is 6.42 Å². The van der Waals surface area contributed by atoms with Crippen molar-refractivity contribution in [1.82, 2.24) is 15.1 Å². The molecular weight excluding hydrogens is 288 g/mol. The second-order valence-corrected chi connectivity index (χ2v) is 5.11. The monoisotopic (exact) mass is 308 g/mol. The van der Waals surface area contributed by atoms with Gasteiger partial charge in [0, 0.05) is 39.1 Å². The van der Waals surface area contributed by atoms with Crippen LogP contribution in [0.5, 0.6) is 0 Å². The maximum absolute atomic E-state index is 12.0. The van der Waals surface area contributed by atoms with Crippen molar-refractivity contribution in [2.24, 2.45) is 5.73 Å². The summed E-state index contributed by atoms with van der Waals surface area (Å²) in [6.45, 7) is 2.89. The van der Waals surface area contributed by atoms with Gasteiger partial charge in [0.25, 0.3) is 5.91 Å². The smallest absolute Gasteiger partial charge is 0.286 e. The number of piperazine rings is 1. The van der Waals surface area contributed by atoms with E-state index < -0.39 is 0 Å². The molecule has 0 saturated carbocycles. The topological polar surface area (TPSA) is 109 Å². The molecule has 0 radical (unpaired) electrons. The summed E-state index contributed by atoms with van der Waals surface area (Å²) in [7, 11) is 0. The first-order chi connectivity index (χ1) is 10.6. The minimum Gasteiger partial charge on any atom is -0.459 e. The number of furan rings is 1. The van der Waals surface area contributed by atoms with Crippen LogP contribution in [0.4, 0.5) is 0 Å². The first-order valence-corrected chi connectivity index (χ1v) is 7.16. The molecule has 8 heteroatoms. The van der Waals surface area contributed by atoms with Gasteiger partial charge in [-0.3, -0.25) is 19.3 Å². The maximum Gasteiger partial charge on any atom is 0.286 e. The molecule has 0 spiro atoms. The van der Waals surface area contributed by atoms with E-state index in [0.29, 0.717) is 26.2 Å². The first kappa shape index (κ1) is 16.0. The van der Waals surface area contributed by atoms with E-state index in [-0.39, 0.29) is 43.0 Å². The van der Waals surface area contributed by atoms with Crippen molar-refractivity contribution in [3.63, 3.8) is 0 Å². The van der Waals surface area contributed by atoms with Gasteiger partial charge >= 0.3 is 0 Å². The number of carbonyl (C=O) groups is 3. The van der Waals surface area contributed by atoms with Crippen LogP contribution in [0.15, 0.2) is 22.8 Å². The third-order valence-electron chi connectivity index (χ3n) is 3.47. The number of rotatable bonds is 6. The molecular formula is C14H20N4O4. The molecule has 0 atom stereocenters. The van der Waals surface area contributed by atoms with Crippen molar-refractivity contribution in [2.75, 3.05) is 39.3 Å². The summed E-state index contributed by atoms with van der Waals surface area (Å²) in [5, 5.41) is 2.64. The van der Waals surface area contributed by atoms with Crippen LogP contribution in [0.25, 0.3) is 0 Å². The highest BCUT2D eigenvalue weighted by Crippen LogP contribution is 2.04. The van der Waals surface area contributed by atoms with Crippen LogP contribution in [-0.4, -0.2) is 66.8 Å². The van der Waals surface area contributed by atoms with Gasteiger partial charge in [-0.2, -0.15) is 0 Å². The molecule has 0 aromatic carbocycles. The number of nitrogens with two attached hydrogens (primary N) is 1. The molecule has 22 heavy (non-hydrogen) atoms. The molecule has 2 heterocycles. The number of amides is 3. The minimum atomic E-state index is -0.361. The zero-order chi connectivity index (χ0) is 15.9. The van der Waals surface area contributed by atoms with E-state index in [1.807, 2.05) is 4.90 Å². The Hall–Kier alpha value is -2.35. The predicted molar refractivity (Wildman–Crippen MR) is 77.9 cm³/mol. The van der Waals surface area contributed by atoms with Gasteiger partial charge in [-0.25, -0.2) is 0 Å². The molecule has 3 amide bonds. The summed E-state index contributed by atoms with van der Waals surface area (Å²) in [6.07, 6.45) is 1.66. The van der Waals surface area contributed by atoms with E-state index in [2.05, 4.69) is 5.32 Å². The van der Waals surface area contributed by atoms with Crippen LogP contribution >= 0.6 is 0 Å². The van der Waals surface area contributed by atoms with E-state index in [0.717, 1.165) is 0 Å². The van der Waals surface area contributed by atoms with E-state index in [1.54, 1.807) is 17.0 Å². The Kier molecular flexibility index (Phi) is 5.54. The summed E-state index contributed by atoms with van der Waals surface area (Å²) in [4.78, 5) is 38.2. The van der Waals surface area contributed by atoms with Crippen LogP contribution in [0.3, 0.4) is 0 Å². The largest absolute Gasteiger partial charge is 0.459 e. The number of nitrogens with one attached hydrogen (secondary N) is 1. The summed E-state index contributed by atoms with van der Waals surface area (Å²) in [5.74, 6) is -0.476. The molecule has 0 aliphatic carbocycles. The SMILES string of the molecule is NC(=O)CN1CCN(C(=O)CCNC(=O)c2ccco2)CC1. The molecule has 1 fully saturated rings. The average molecular weight is 308 g/mol. The van der Waals surface area contributed by atoms with Gasteiger partial charge in [0.15, 0.2) is 5.76 Å². The second kappa shape index (κ2) is 7.60. The molecule has 1 aliphatic heterocycles. The van der Waals surface area contributed by atoms with Crippen LogP contribution in [-0.2, 0) is 9.59 Å². The lowest BCUT2D eigenvalue weighted by Crippen LogP contribution is -2.51. The molecule has 1 aliphatic rings. The maximum atomic E-state index is 12.0. The number of nitrogens with zero attached hydrogens (tertiary/aromatic N) is 2. The molecule has 0 unspecified atom stereocenters. The highest BCUT2D eigenvalue weighted by molar-refractivity contribution is 5.91.